The van der Waals surface area contributed by atoms with Gasteiger partial charge in [0.05, 0.1) is 0 Å². The molecule has 13 heavy (non-hydrogen) atoms. The zero-order chi connectivity index (χ0) is 10.7. The standard InChI is InChI=1S/C10H25N3/c1-8(12)9(2,3)10(4,5)13-7-6-11/h8,13H,6-7,11-12H2,1-5H3. The summed E-state index contributed by atoms with van der Waals surface area (Å²) in [6.07, 6.45) is 0. The highest BCUT2D eigenvalue weighted by Gasteiger charge is 2.39. The lowest BCUT2D eigenvalue weighted by molar-refractivity contribution is 0.127. The van der Waals surface area contributed by atoms with Crippen LogP contribution in [0.3, 0.4) is 0 Å². The minimum absolute atomic E-state index is 0.0144. The highest BCUT2D eigenvalue weighted by atomic mass is 15.0. The molecule has 0 aromatic heterocycles. The molecule has 0 bridgehead atoms. The van der Waals surface area contributed by atoms with Crippen molar-refractivity contribution in [3.63, 3.8) is 0 Å². The van der Waals surface area contributed by atoms with Crippen molar-refractivity contribution in [3.8, 4) is 0 Å². The summed E-state index contributed by atoms with van der Waals surface area (Å²) in [6.45, 7) is 12.3. The van der Waals surface area contributed by atoms with E-state index in [1.807, 2.05) is 6.92 Å². The second-order valence-corrected chi connectivity index (χ2v) is 4.85. The molecule has 3 nitrogen and oxygen atoms in total. The van der Waals surface area contributed by atoms with Gasteiger partial charge < -0.3 is 16.8 Å². The lowest BCUT2D eigenvalue weighted by Crippen LogP contribution is -2.58. The van der Waals surface area contributed by atoms with Crippen molar-refractivity contribution in [1.82, 2.24) is 5.32 Å². The van der Waals surface area contributed by atoms with Gasteiger partial charge in [-0.25, -0.2) is 0 Å². The highest BCUT2D eigenvalue weighted by Crippen LogP contribution is 2.32. The van der Waals surface area contributed by atoms with Crippen LogP contribution < -0.4 is 16.8 Å². The molecule has 0 amide bonds. The smallest absolute Gasteiger partial charge is 0.0191 e. The normalized spacial score (nSPS) is 15.9. The molecule has 3 heteroatoms. The first kappa shape index (κ1) is 12.9. The Hall–Kier alpha value is -0.120. The van der Waals surface area contributed by atoms with Crippen molar-refractivity contribution in [2.45, 2.75) is 46.2 Å². The number of hydrogen-bond acceptors (Lipinski definition) is 3. The van der Waals surface area contributed by atoms with E-state index in [-0.39, 0.29) is 17.0 Å². The van der Waals surface area contributed by atoms with Gasteiger partial charge in [-0.2, -0.15) is 0 Å². The van der Waals surface area contributed by atoms with Crippen molar-refractivity contribution in [2.24, 2.45) is 16.9 Å². The van der Waals surface area contributed by atoms with Gasteiger partial charge in [-0.3, -0.25) is 0 Å². The molecule has 0 aromatic rings. The topological polar surface area (TPSA) is 64.1 Å². The summed E-state index contributed by atoms with van der Waals surface area (Å²) in [4.78, 5) is 0. The summed E-state index contributed by atoms with van der Waals surface area (Å²) >= 11 is 0. The van der Waals surface area contributed by atoms with Gasteiger partial charge in [-0.15, -0.1) is 0 Å². The molecule has 1 unspecified atom stereocenters. The molecule has 0 saturated heterocycles. The van der Waals surface area contributed by atoms with Crippen molar-refractivity contribution in [2.75, 3.05) is 13.1 Å². The second kappa shape index (κ2) is 4.40. The Morgan fingerprint density at radius 1 is 1.23 bits per heavy atom. The fourth-order valence-corrected chi connectivity index (χ4v) is 1.18. The fourth-order valence-electron chi connectivity index (χ4n) is 1.18. The zero-order valence-corrected chi connectivity index (χ0v) is 9.65. The van der Waals surface area contributed by atoms with Crippen molar-refractivity contribution < 1.29 is 0 Å². The molecule has 0 aromatic carbocycles. The van der Waals surface area contributed by atoms with E-state index >= 15 is 0 Å². The Morgan fingerprint density at radius 2 is 1.69 bits per heavy atom. The minimum Gasteiger partial charge on any atom is -0.329 e. The van der Waals surface area contributed by atoms with Gasteiger partial charge in [-0.1, -0.05) is 13.8 Å². The van der Waals surface area contributed by atoms with Crippen molar-refractivity contribution in [3.05, 3.63) is 0 Å². The van der Waals surface area contributed by atoms with E-state index in [0.29, 0.717) is 6.54 Å². The lowest BCUT2D eigenvalue weighted by atomic mass is 9.70. The number of nitrogens with one attached hydrogen (secondary N) is 1. The van der Waals surface area contributed by atoms with Crippen LogP contribution >= 0.6 is 0 Å². The maximum atomic E-state index is 5.96. The minimum atomic E-state index is 0.0144. The molecule has 0 aliphatic heterocycles. The molecular formula is C10H25N3. The summed E-state index contributed by atoms with van der Waals surface area (Å²) in [5.74, 6) is 0. The molecule has 0 aliphatic carbocycles. The van der Waals surface area contributed by atoms with Gasteiger partial charge in [0.1, 0.15) is 0 Å². The summed E-state index contributed by atoms with van der Waals surface area (Å²) in [6, 6.07) is 0.160. The van der Waals surface area contributed by atoms with E-state index in [1.54, 1.807) is 0 Å². The zero-order valence-electron chi connectivity index (χ0n) is 9.65. The summed E-state index contributed by atoms with van der Waals surface area (Å²) in [5, 5.41) is 3.43. The SMILES string of the molecule is CC(N)C(C)(C)C(C)(C)NCCN. The molecule has 0 heterocycles. The van der Waals surface area contributed by atoms with Gasteiger partial charge in [-0.05, 0) is 26.2 Å². The Morgan fingerprint density at radius 3 is 2.00 bits per heavy atom. The monoisotopic (exact) mass is 187 g/mol. The van der Waals surface area contributed by atoms with Crippen LogP contribution in [-0.4, -0.2) is 24.7 Å². The molecule has 0 rings (SSSR count). The summed E-state index contributed by atoms with van der Waals surface area (Å²) in [5.41, 5.74) is 11.5. The van der Waals surface area contributed by atoms with Crippen LogP contribution in [0, 0.1) is 5.41 Å². The molecular weight excluding hydrogens is 162 g/mol. The lowest BCUT2D eigenvalue weighted by Gasteiger charge is -2.45. The number of hydrogen-bond donors (Lipinski definition) is 3. The second-order valence-electron chi connectivity index (χ2n) is 4.85. The van der Waals surface area contributed by atoms with Crippen LogP contribution in [0.2, 0.25) is 0 Å². The van der Waals surface area contributed by atoms with Crippen molar-refractivity contribution >= 4 is 0 Å². The van der Waals surface area contributed by atoms with Gasteiger partial charge in [0.15, 0.2) is 0 Å². The van der Waals surface area contributed by atoms with E-state index in [9.17, 15) is 0 Å². The van der Waals surface area contributed by atoms with Gasteiger partial charge in [0.25, 0.3) is 0 Å². The van der Waals surface area contributed by atoms with Crippen LogP contribution in [0.25, 0.3) is 0 Å². The van der Waals surface area contributed by atoms with E-state index in [2.05, 4.69) is 33.0 Å². The average molecular weight is 187 g/mol. The molecule has 80 valence electrons. The van der Waals surface area contributed by atoms with Crippen LogP contribution in [0.15, 0.2) is 0 Å². The van der Waals surface area contributed by atoms with Crippen LogP contribution in [-0.2, 0) is 0 Å². The molecule has 0 radical (unpaired) electrons. The maximum absolute atomic E-state index is 5.96. The molecule has 0 saturated carbocycles. The first-order valence-corrected chi connectivity index (χ1v) is 4.96. The third kappa shape index (κ3) is 2.93. The molecule has 5 N–H and O–H groups in total. The summed E-state index contributed by atoms with van der Waals surface area (Å²) in [7, 11) is 0. The van der Waals surface area contributed by atoms with E-state index in [1.165, 1.54) is 0 Å². The maximum Gasteiger partial charge on any atom is 0.0191 e. The predicted octanol–water partition coefficient (Wildman–Crippen LogP) is 0.687. The van der Waals surface area contributed by atoms with Gasteiger partial charge >= 0.3 is 0 Å². The molecule has 0 fully saturated rings. The number of nitrogens with two attached hydrogens (primary N) is 2. The van der Waals surface area contributed by atoms with E-state index in [0.717, 1.165) is 6.54 Å². The van der Waals surface area contributed by atoms with Crippen LogP contribution in [0.4, 0.5) is 0 Å². The van der Waals surface area contributed by atoms with Crippen molar-refractivity contribution in [1.29, 1.82) is 0 Å². The third-order valence-corrected chi connectivity index (χ3v) is 3.46. The Kier molecular flexibility index (Phi) is 4.36. The first-order valence-electron chi connectivity index (χ1n) is 4.96. The average Bonchev–Trinajstić information content (AvgIpc) is 2.00. The fraction of sp³-hybridized carbons (Fsp3) is 1.00. The molecule has 1 atom stereocenters. The molecule has 0 spiro atoms. The van der Waals surface area contributed by atoms with Crippen LogP contribution in [0.1, 0.15) is 34.6 Å². The van der Waals surface area contributed by atoms with E-state index < -0.39 is 0 Å². The largest absolute Gasteiger partial charge is 0.329 e. The van der Waals surface area contributed by atoms with Gasteiger partial charge in [0, 0.05) is 24.7 Å². The predicted molar refractivity (Wildman–Crippen MR) is 58.6 cm³/mol. The highest BCUT2D eigenvalue weighted by molar-refractivity contribution is 4.97. The Bertz CT molecular complexity index is 150. The number of rotatable bonds is 5. The Balaban J connectivity index is 4.41. The Labute approximate surface area is 82.3 Å². The quantitative estimate of drug-likeness (QED) is 0.593. The summed E-state index contributed by atoms with van der Waals surface area (Å²) < 4.78 is 0. The van der Waals surface area contributed by atoms with Gasteiger partial charge in [0.2, 0.25) is 0 Å². The molecule has 0 aliphatic rings. The van der Waals surface area contributed by atoms with Crippen LogP contribution in [0.5, 0.6) is 0 Å². The first-order chi connectivity index (χ1) is 5.75. The third-order valence-electron chi connectivity index (χ3n) is 3.46. The van der Waals surface area contributed by atoms with E-state index in [4.69, 9.17) is 11.5 Å².